The van der Waals surface area contributed by atoms with Gasteiger partial charge in [-0.1, -0.05) is 44.2 Å². The van der Waals surface area contributed by atoms with E-state index < -0.39 is 5.54 Å². The molecule has 0 saturated heterocycles. The van der Waals surface area contributed by atoms with Gasteiger partial charge in [0.05, 0.1) is 7.11 Å². The highest BCUT2D eigenvalue weighted by Gasteiger charge is 2.38. The Labute approximate surface area is 115 Å². The number of carbonyl (C=O) groups excluding carboxylic acids is 1. The Kier molecular flexibility index (Phi) is 5.77. The van der Waals surface area contributed by atoms with Crippen molar-refractivity contribution in [2.45, 2.75) is 32.2 Å². The van der Waals surface area contributed by atoms with Crippen molar-refractivity contribution in [2.75, 3.05) is 13.7 Å². The van der Waals surface area contributed by atoms with E-state index in [1.807, 2.05) is 19.1 Å². The zero-order chi connectivity index (χ0) is 14.3. The summed E-state index contributed by atoms with van der Waals surface area (Å²) in [6, 6.07) is 8.10. The van der Waals surface area contributed by atoms with Crippen LogP contribution in [0.15, 0.2) is 36.9 Å². The van der Waals surface area contributed by atoms with Gasteiger partial charge < -0.3 is 4.74 Å². The number of ether oxygens (including phenoxy) is 1. The first-order chi connectivity index (χ1) is 9.14. The van der Waals surface area contributed by atoms with E-state index in [2.05, 4.69) is 31.0 Å². The van der Waals surface area contributed by atoms with Gasteiger partial charge in [-0.25, -0.2) is 4.79 Å². The first kappa shape index (κ1) is 15.4. The molecular formula is C16H23NO2. The van der Waals surface area contributed by atoms with Crippen molar-refractivity contribution in [3.05, 3.63) is 48.0 Å². The Bertz CT molecular complexity index is 425. The number of esters is 1. The van der Waals surface area contributed by atoms with Gasteiger partial charge in [-0.2, -0.15) is 0 Å². The third-order valence-corrected chi connectivity index (χ3v) is 3.47. The monoisotopic (exact) mass is 261 g/mol. The molecule has 1 atom stereocenters. The summed E-state index contributed by atoms with van der Waals surface area (Å²) in [5.41, 5.74) is 1.39. The maximum atomic E-state index is 12.2. The van der Waals surface area contributed by atoms with Crippen LogP contribution in [-0.2, 0) is 21.5 Å². The van der Waals surface area contributed by atoms with Crippen LogP contribution in [-0.4, -0.2) is 19.6 Å². The van der Waals surface area contributed by atoms with E-state index in [1.165, 1.54) is 12.7 Å². The number of rotatable bonds is 7. The molecule has 0 bridgehead atoms. The molecule has 1 rings (SSSR count). The minimum Gasteiger partial charge on any atom is -0.467 e. The van der Waals surface area contributed by atoms with Gasteiger partial charge >= 0.3 is 5.97 Å². The van der Waals surface area contributed by atoms with Crippen molar-refractivity contribution in [3.63, 3.8) is 0 Å². The topological polar surface area (TPSA) is 38.3 Å². The average Bonchev–Trinajstić information content (AvgIpc) is 2.48. The molecule has 1 N–H and O–H groups in total. The number of nitrogens with one attached hydrogen (secondary N) is 1. The minimum absolute atomic E-state index is 0.263. The van der Waals surface area contributed by atoms with Crippen LogP contribution >= 0.6 is 0 Å². The van der Waals surface area contributed by atoms with E-state index in [-0.39, 0.29) is 5.97 Å². The van der Waals surface area contributed by atoms with Crippen LogP contribution in [0.3, 0.4) is 0 Å². The van der Waals surface area contributed by atoms with Crippen LogP contribution in [0.25, 0.3) is 0 Å². The highest BCUT2D eigenvalue weighted by atomic mass is 16.5. The third kappa shape index (κ3) is 3.24. The fraction of sp³-hybridized carbons (Fsp3) is 0.438. The van der Waals surface area contributed by atoms with Gasteiger partial charge in [0.2, 0.25) is 0 Å². The second kappa shape index (κ2) is 7.10. The van der Waals surface area contributed by atoms with E-state index in [9.17, 15) is 4.79 Å². The number of aryl methyl sites for hydroxylation is 1. The van der Waals surface area contributed by atoms with Gasteiger partial charge in [0, 0.05) is 6.54 Å². The van der Waals surface area contributed by atoms with E-state index >= 15 is 0 Å². The van der Waals surface area contributed by atoms with Crippen LogP contribution in [0.4, 0.5) is 0 Å². The molecule has 3 heteroatoms. The highest BCUT2D eigenvalue weighted by Crippen LogP contribution is 2.27. The quantitative estimate of drug-likeness (QED) is 0.606. The van der Waals surface area contributed by atoms with Crippen LogP contribution in [0.2, 0.25) is 0 Å². The molecule has 1 unspecified atom stereocenters. The Morgan fingerprint density at radius 3 is 2.42 bits per heavy atom. The van der Waals surface area contributed by atoms with Crippen molar-refractivity contribution in [3.8, 4) is 0 Å². The van der Waals surface area contributed by atoms with Crippen LogP contribution < -0.4 is 5.32 Å². The van der Waals surface area contributed by atoms with Gasteiger partial charge in [0.15, 0.2) is 0 Å². The fourth-order valence-electron chi connectivity index (χ4n) is 2.21. The van der Waals surface area contributed by atoms with Crippen molar-refractivity contribution in [1.82, 2.24) is 5.32 Å². The number of hydrogen-bond acceptors (Lipinski definition) is 3. The Hall–Kier alpha value is -1.61. The maximum Gasteiger partial charge on any atom is 0.330 e. The van der Waals surface area contributed by atoms with Crippen molar-refractivity contribution >= 4 is 5.97 Å². The molecule has 0 radical (unpaired) electrons. The van der Waals surface area contributed by atoms with Crippen LogP contribution in [0, 0.1) is 0 Å². The molecule has 104 valence electrons. The summed E-state index contributed by atoms with van der Waals surface area (Å²) in [7, 11) is 1.42. The van der Waals surface area contributed by atoms with Crippen LogP contribution in [0.1, 0.15) is 31.4 Å². The summed E-state index contributed by atoms with van der Waals surface area (Å²) >= 11 is 0. The summed E-state index contributed by atoms with van der Waals surface area (Å²) in [4.78, 5) is 12.2. The Morgan fingerprint density at radius 1 is 1.37 bits per heavy atom. The zero-order valence-electron chi connectivity index (χ0n) is 12.0. The summed E-state index contributed by atoms with van der Waals surface area (Å²) in [5.74, 6) is -0.263. The molecule has 1 aromatic carbocycles. The molecule has 1 aromatic rings. The fourth-order valence-corrected chi connectivity index (χ4v) is 2.21. The third-order valence-electron chi connectivity index (χ3n) is 3.47. The van der Waals surface area contributed by atoms with Gasteiger partial charge in [-0.3, -0.25) is 5.32 Å². The van der Waals surface area contributed by atoms with Gasteiger partial charge in [-0.15, -0.1) is 6.58 Å². The minimum atomic E-state index is -0.796. The van der Waals surface area contributed by atoms with Gasteiger partial charge in [0.1, 0.15) is 5.54 Å². The molecule has 0 amide bonds. The molecule has 19 heavy (non-hydrogen) atoms. The van der Waals surface area contributed by atoms with E-state index in [4.69, 9.17) is 4.74 Å². The molecule has 0 aromatic heterocycles. The first-order valence-corrected chi connectivity index (χ1v) is 6.68. The Morgan fingerprint density at radius 2 is 2.00 bits per heavy atom. The largest absolute Gasteiger partial charge is 0.467 e. The smallest absolute Gasteiger partial charge is 0.330 e. The normalized spacial score (nSPS) is 13.6. The summed E-state index contributed by atoms with van der Waals surface area (Å²) < 4.78 is 4.98. The summed E-state index contributed by atoms with van der Waals surface area (Å²) in [6.07, 6.45) is 3.35. The SMILES string of the molecule is C=CCNC(CC)(C(=O)OC)c1ccc(CC)cc1. The van der Waals surface area contributed by atoms with E-state index in [0.29, 0.717) is 13.0 Å². The molecule has 0 aliphatic rings. The lowest BCUT2D eigenvalue weighted by Crippen LogP contribution is -2.49. The second-order valence-electron chi connectivity index (χ2n) is 4.47. The number of methoxy groups -OCH3 is 1. The molecule has 0 fully saturated rings. The predicted molar refractivity (Wildman–Crippen MR) is 78.0 cm³/mol. The first-order valence-electron chi connectivity index (χ1n) is 6.68. The standard InChI is InChI=1S/C16H23NO2/c1-5-12-17-16(7-3,15(18)19-4)14-10-8-13(6-2)9-11-14/h5,8-11,17H,1,6-7,12H2,2-4H3. The Balaban J connectivity index is 3.18. The van der Waals surface area contributed by atoms with Crippen molar-refractivity contribution in [2.24, 2.45) is 0 Å². The molecule has 0 saturated carbocycles. The number of hydrogen-bond donors (Lipinski definition) is 1. The molecule has 3 nitrogen and oxygen atoms in total. The molecular weight excluding hydrogens is 238 g/mol. The highest BCUT2D eigenvalue weighted by molar-refractivity contribution is 5.82. The van der Waals surface area contributed by atoms with E-state index in [1.54, 1.807) is 6.08 Å². The summed E-state index contributed by atoms with van der Waals surface area (Å²) in [5, 5.41) is 3.24. The van der Waals surface area contributed by atoms with E-state index in [0.717, 1.165) is 12.0 Å². The van der Waals surface area contributed by atoms with Crippen molar-refractivity contribution in [1.29, 1.82) is 0 Å². The summed E-state index contributed by atoms with van der Waals surface area (Å²) in [6.45, 7) is 8.33. The van der Waals surface area contributed by atoms with Gasteiger partial charge in [0.25, 0.3) is 0 Å². The number of benzene rings is 1. The van der Waals surface area contributed by atoms with Crippen LogP contribution in [0.5, 0.6) is 0 Å². The molecule has 0 aliphatic heterocycles. The van der Waals surface area contributed by atoms with Crippen molar-refractivity contribution < 1.29 is 9.53 Å². The lowest BCUT2D eigenvalue weighted by molar-refractivity contribution is -0.149. The molecule has 0 spiro atoms. The molecule has 0 aliphatic carbocycles. The lowest BCUT2D eigenvalue weighted by Gasteiger charge is -2.31. The predicted octanol–water partition coefficient (Wildman–Crippen LogP) is 2.80. The average molecular weight is 261 g/mol. The van der Waals surface area contributed by atoms with Gasteiger partial charge in [-0.05, 0) is 24.0 Å². The zero-order valence-corrected chi connectivity index (χ0v) is 12.0. The second-order valence-corrected chi connectivity index (χ2v) is 4.47. The maximum absolute atomic E-state index is 12.2. The number of carbonyl (C=O) groups is 1. The molecule has 0 heterocycles. The lowest BCUT2D eigenvalue weighted by atomic mass is 9.86.